The lowest BCUT2D eigenvalue weighted by Gasteiger charge is -2.28. The topological polar surface area (TPSA) is 102 Å². The molecule has 1 heterocycles. The average molecular weight is 442 g/mol. The van der Waals surface area contributed by atoms with Crippen LogP contribution in [0.25, 0.3) is 0 Å². The summed E-state index contributed by atoms with van der Waals surface area (Å²) in [6.45, 7) is 2.72. The van der Waals surface area contributed by atoms with Crippen LogP contribution in [0.15, 0.2) is 48.5 Å². The van der Waals surface area contributed by atoms with Gasteiger partial charge in [-0.25, -0.2) is 4.39 Å². The third-order valence-electron chi connectivity index (χ3n) is 4.90. The molecule has 0 radical (unpaired) electrons. The van der Waals surface area contributed by atoms with Crippen LogP contribution in [0.4, 0.5) is 4.39 Å². The van der Waals surface area contributed by atoms with Crippen molar-refractivity contribution in [2.45, 2.75) is 45.7 Å². The van der Waals surface area contributed by atoms with E-state index >= 15 is 0 Å². The Morgan fingerprint density at radius 1 is 0.906 bits per heavy atom. The molecule has 32 heavy (non-hydrogen) atoms. The maximum atomic E-state index is 13.2. The van der Waals surface area contributed by atoms with Crippen LogP contribution in [-0.4, -0.2) is 40.9 Å². The fraction of sp³-hybridized carbons (Fsp3) is 0.304. The molecule has 2 aromatic rings. The van der Waals surface area contributed by atoms with E-state index in [0.29, 0.717) is 5.56 Å². The maximum Gasteiger partial charge on any atom is 0.303 e. The van der Waals surface area contributed by atoms with Crippen molar-refractivity contribution in [3.63, 3.8) is 0 Å². The number of halogens is 1. The Balaban J connectivity index is 1.79. The minimum absolute atomic E-state index is 0.00693. The minimum Gasteiger partial charge on any atom is -0.448 e. The number of nitrogens with one attached hydrogen (secondary N) is 1. The van der Waals surface area contributed by atoms with Crippen molar-refractivity contribution in [2.24, 2.45) is 0 Å². The molecular formula is C23H23FN2O6. The molecular weight excluding hydrogens is 419 g/mol. The fourth-order valence-corrected chi connectivity index (χ4v) is 3.41. The van der Waals surface area contributed by atoms with E-state index in [1.165, 1.54) is 29.2 Å². The summed E-state index contributed by atoms with van der Waals surface area (Å²) in [6, 6.07) is 12.9. The van der Waals surface area contributed by atoms with Crippen molar-refractivity contribution in [1.29, 1.82) is 0 Å². The highest BCUT2D eigenvalue weighted by molar-refractivity contribution is 5.93. The van der Waals surface area contributed by atoms with Crippen molar-refractivity contribution in [3.8, 4) is 0 Å². The van der Waals surface area contributed by atoms with Gasteiger partial charge >= 0.3 is 11.9 Å². The van der Waals surface area contributed by atoms with Crippen molar-refractivity contribution in [2.75, 3.05) is 0 Å². The average Bonchev–Trinajstić information content (AvgIpc) is 3.19. The molecule has 0 unspecified atom stereocenters. The Labute approximate surface area is 184 Å². The van der Waals surface area contributed by atoms with E-state index in [-0.39, 0.29) is 19.6 Å². The second-order valence-corrected chi connectivity index (χ2v) is 7.37. The van der Waals surface area contributed by atoms with Crippen molar-refractivity contribution >= 4 is 23.8 Å². The molecule has 1 aliphatic heterocycles. The molecule has 2 amide bonds. The van der Waals surface area contributed by atoms with Crippen LogP contribution in [0.1, 0.15) is 30.5 Å². The SMILES string of the molecule is CC(=O)O[C@@H](C(=O)NCc1ccc(F)cc1)[C@@H](OC(C)=O)C(=O)N1Cc2ccccc2C1. The van der Waals surface area contributed by atoms with Gasteiger partial charge in [0.2, 0.25) is 12.2 Å². The van der Waals surface area contributed by atoms with Crippen LogP contribution >= 0.6 is 0 Å². The van der Waals surface area contributed by atoms with E-state index in [0.717, 1.165) is 25.0 Å². The molecule has 168 valence electrons. The van der Waals surface area contributed by atoms with Gasteiger partial charge in [0.15, 0.2) is 0 Å². The first-order valence-electron chi connectivity index (χ1n) is 9.96. The molecule has 0 fully saturated rings. The first kappa shape index (κ1) is 22.9. The Morgan fingerprint density at radius 3 is 1.97 bits per heavy atom. The smallest absolute Gasteiger partial charge is 0.303 e. The van der Waals surface area contributed by atoms with E-state index in [1.54, 1.807) is 0 Å². The van der Waals surface area contributed by atoms with Crippen LogP contribution in [-0.2, 0) is 48.3 Å². The third-order valence-corrected chi connectivity index (χ3v) is 4.90. The molecule has 3 rings (SSSR count). The van der Waals surface area contributed by atoms with Crippen LogP contribution in [0, 0.1) is 5.82 Å². The monoisotopic (exact) mass is 442 g/mol. The second kappa shape index (κ2) is 10.0. The molecule has 1 aliphatic rings. The number of benzene rings is 2. The molecule has 1 N–H and O–H groups in total. The number of carbonyl (C=O) groups excluding carboxylic acids is 4. The summed E-state index contributed by atoms with van der Waals surface area (Å²) in [5.74, 6) is -3.52. The third kappa shape index (κ3) is 5.69. The lowest BCUT2D eigenvalue weighted by molar-refractivity contribution is -0.178. The Kier molecular flexibility index (Phi) is 7.19. The van der Waals surface area contributed by atoms with Crippen LogP contribution in [0.5, 0.6) is 0 Å². The number of nitrogens with zero attached hydrogens (tertiary/aromatic N) is 1. The normalized spacial score (nSPS) is 14.2. The fourth-order valence-electron chi connectivity index (χ4n) is 3.41. The lowest BCUT2D eigenvalue weighted by Crippen LogP contribution is -2.53. The standard InChI is InChI=1S/C23H23FN2O6/c1-14(27)31-20(22(29)25-11-16-7-9-19(24)10-8-16)21(32-15(2)28)23(30)26-12-17-5-3-4-6-18(17)13-26/h3-10,20-21H,11-13H2,1-2H3,(H,25,29)/t20-,21-/m1/s1. The number of hydrogen-bond acceptors (Lipinski definition) is 6. The number of amides is 2. The van der Waals surface area contributed by atoms with Gasteiger partial charge in [-0.2, -0.15) is 0 Å². The van der Waals surface area contributed by atoms with Gasteiger partial charge in [-0.15, -0.1) is 0 Å². The zero-order valence-corrected chi connectivity index (χ0v) is 17.7. The molecule has 0 saturated carbocycles. The summed E-state index contributed by atoms with van der Waals surface area (Å²) in [5, 5.41) is 2.54. The summed E-state index contributed by atoms with van der Waals surface area (Å²) < 4.78 is 23.3. The summed E-state index contributed by atoms with van der Waals surface area (Å²) in [4.78, 5) is 50.9. The summed E-state index contributed by atoms with van der Waals surface area (Å²) in [7, 11) is 0. The highest BCUT2D eigenvalue weighted by atomic mass is 19.1. The predicted octanol–water partition coefficient (Wildman–Crippen LogP) is 1.85. The summed E-state index contributed by atoms with van der Waals surface area (Å²) >= 11 is 0. The maximum absolute atomic E-state index is 13.2. The first-order valence-corrected chi connectivity index (χ1v) is 9.96. The van der Waals surface area contributed by atoms with Crippen LogP contribution < -0.4 is 5.32 Å². The summed E-state index contributed by atoms with van der Waals surface area (Å²) in [5.41, 5.74) is 2.46. The number of ether oxygens (including phenoxy) is 2. The molecule has 2 aromatic carbocycles. The number of hydrogen-bond donors (Lipinski definition) is 1. The molecule has 0 bridgehead atoms. The zero-order valence-electron chi connectivity index (χ0n) is 17.7. The molecule has 0 aliphatic carbocycles. The van der Waals surface area contributed by atoms with Crippen molar-refractivity contribution in [3.05, 3.63) is 71.0 Å². The van der Waals surface area contributed by atoms with Crippen molar-refractivity contribution < 1.29 is 33.0 Å². The molecule has 8 nitrogen and oxygen atoms in total. The molecule has 0 aromatic heterocycles. The molecule has 9 heteroatoms. The van der Waals surface area contributed by atoms with E-state index in [2.05, 4.69) is 5.32 Å². The van der Waals surface area contributed by atoms with Gasteiger partial charge < -0.3 is 19.7 Å². The first-order chi connectivity index (χ1) is 15.2. The van der Waals surface area contributed by atoms with E-state index in [4.69, 9.17) is 9.47 Å². The van der Waals surface area contributed by atoms with Crippen LogP contribution in [0.3, 0.4) is 0 Å². The second-order valence-electron chi connectivity index (χ2n) is 7.37. The summed E-state index contributed by atoms with van der Waals surface area (Å²) in [6.07, 6.45) is -3.34. The van der Waals surface area contributed by atoms with E-state index in [9.17, 15) is 23.6 Å². The lowest BCUT2D eigenvalue weighted by atomic mass is 10.1. The quantitative estimate of drug-likeness (QED) is 0.657. The van der Waals surface area contributed by atoms with E-state index < -0.39 is 41.8 Å². The number of esters is 2. The number of fused-ring (bicyclic) bond motifs is 1. The van der Waals surface area contributed by atoms with Gasteiger partial charge in [0.25, 0.3) is 11.8 Å². The predicted molar refractivity (Wildman–Crippen MR) is 110 cm³/mol. The molecule has 2 atom stereocenters. The Morgan fingerprint density at radius 2 is 1.44 bits per heavy atom. The van der Waals surface area contributed by atoms with Gasteiger partial charge in [0, 0.05) is 33.5 Å². The molecule has 0 spiro atoms. The largest absolute Gasteiger partial charge is 0.448 e. The highest BCUT2D eigenvalue weighted by Crippen LogP contribution is 2.24. The van der Waals surface area contributed by atoms with Gasteiger partial charge in [-0.3, -0.25) is 19.2 Å². The van der Waals surface area contributed by atoms with Gasteiger partial charge in [0.05, 0.1) is 0 Å². The number of rotatable bonds is 7. The highest BCUT2D eigenvalue weighted by Gasteiger charge is 2.42. The van der Waals surface area contributed by atoms with Gasteiger partial charge in [0.1, 0.15) is 5.82 Å². The van der Waals surface area contributed by atoms with Gasteiger partial charge in [-0.1, -0.05) is 36.4 Å². The Hall–Kier alpha value is -3.75. The molecule has 0 saturated heterocycles. The van der Waals surface area contributed by atoms with Crippen molar-refractivity contribution in [1.82, 2.24) is 10.2 Å². The van der Waals surface area contributed by atoms with Gasteiger partial charge in [-0.05, 0) is 28.8 Å². The Bertz CT molecular complexity index is 998. The minimum atomic E-state index is -1.69. The number of carbonyl (C=O) groups is 4. The van der Waals surface area contributed by atoms with E-state index in [1.807, 2.05) is 24.3 Å². The zero-order chi connectivity index (χ0) is 23.3. The van der Waals surface area contributed by atoms with Crippen LogP contribution in [0.2, 0.25) is 0 Å².